The maximum atomic E-state index is 12.6. The highest BCUT2D eigenvalue weighted by Gasteiger charge is 2.37. The van der Waals surface area contributed by atoms with Gasteiger partial charge in [0, 0.05) is 45.3 Å². The molecule has 0 saturated carbocycles. The molecule has 1 amide bonds. The second kappa shape index (κ2) is 7.06. The van der Waals surface area contributed by atoms with Crippen LogP contribution in [0.5, 0.6) is 0 Å². The van der Waals surface area contributed by atoms with Gasteiger partial charge in [-0.05, 0) is 37.3 Å². The minimum Gasteiger partial charge on any atom is -0.387 e. The van der Waals surface area contributed by atoms with Crippen LogP contribution in [0, 0.1) is 0 Å². The van der Waals surface area contributed by atoms with Crippen LogP contribution in [-0.4, -0.2) is 77.1 Å². The quantitative estimate of drug-likeness (QED) is 0.898. The number of hydrogen-bond donors (Lipinski definition) is 1. The van der Waals surface area contributed by atoms with Gasteiger partial charge in [0.05, 0.1) is 12.1 Å². The molecule has 0 spiro atoms. The van der Waals surface area contributed by atoms with E-state index in [-0.39, 0.29) is 18.2 Å². The van der Waals surface area contributed by atoms with Crippen molar-refractivity contribution in [2.45, 2.75) is 44.4 Å². The van der Waals surface area contributed by atoms with Gasteiger partial charge in [-0.1, -0.05) is 24.3 Å². The summed E-state index contributed by atoms with van der Waals surface area (Å²) in [6, 6.07) is 8.40. The molecule has 2 heterocycles. The molecule has 25 heavy (non-hydrogen) atoms. The third-order valence-corrected chi connectivity index (χ3v) is 6.31. The van der Waals surface area contributed by atoms with Crippen molar-refractivity contribution in [3.63, 3.8) is 0 Å². The highest BCUT2D eigenvalue weighted by molar-refractivity contribution is 5.81. The molecular weight excluding hydrogens is 314 g/mol. The van der Waals surface area contributed by atoms with E-state index in [0.29, 0.717) is 5.91 Å². The van der Waals surface area contributed by atoms with E-state index in [1.165, 1.54) is 5.56 Å². The molecule has 1 aromatic rings. The van der Waals surface area contributed by atoms with E-state index in [0.717, 1.165) is 64.1 Å². The number of aliphatic hydroxyl groups is 1. The Morgan fingerprint density at radius 1 is 1.08 bits per heavy atom. The summed E-state index contributed by atoms with van der Waals surface area (Å²) in [7, 11) is 0. The van der Waals surface area contributed by atoms with Crippen molar-refractivity contribution in [1.29, 1.82) is 0 Å². The third kappa shape index (κ3) is 3.21. The van der Waals surface area contributed by atoms with Gasteiger partial charge in [0.2, 0.25) is 5.91 Å². The topological polar surface area (TPSA) is 47.0 Å². The lowest BCUT2D eigenvalue weighted by atomic mass is 10.1. The van der Waals surface area contributed by atoms with Crippen LogP contribution in [0.1, 0.15) is 37.0 Å². The van der Waals surface area contributed by atoms with E-state index < -0.39 is 0 Å². The molecule has 1 aromatic carbocycles. The monoisotopic (exact) mass is 343 g/mol. The van der Waals surface area contributed by atoms with Gasteiger partial charge in [0.1, 0.15) is 0 Å². The first-order chi connectivity index (χ1) is 12.1. The highest BCUT2D eigenvalue weighted by atomic mass is 16.3. The maximum absolute atomic E-state index is 12.6. The van der Waals surface area contributed by atoms with Crippen molar-refractivity contribution in [2.75, 3.05) is 39.3 Å². The maximum Gasteiger partial charge on any atom is 0.239 e. The van der Waals surface area contributed by atoms with Gasteiger partial charge >= 0.3 is 0 Å². The van der Waals surface area contributed by atoms with E-state index in [4.69, 9.17) is 0 Å². The zero-order chi connectivity index (χ0) is 17.4. The van der Waals surface area contributed by atoms with Crippen molar-refractivity contribution in [3.05, 3.63) is 35.4 Å². The number of carbonyl (C=O) groups excluding carboxylic acids is 1. The number of amides is 1. The molecule has 0 radical (unpaired) electrons. The lowest BCUT2D eigenvalue weighted by Gasteiger charge is -2.41. The summed E-state index contributed by atoms with van der Waals surface area (Å²) in [4.78, 5) is 19.4. The smallest absolute Gasteiger partial charge is 0.239 e. The molecular formula is C20H29N3O2. The number of rotatable bonds is 3. The molecule has 2 aliphatic heterocycles. The first-order valence-electron chi connectivity index (χ1n) is 9.68. The summed E-state index contributed by atoms with van der Waals surface area (Å²) in [5, 5.41) is 10.7. The van der Waals surface area contributed by atoms with Gasteiger partial charge in [-0.2, -0.15) is 0 Å². The second-order valence-corrected chi connectivity index (χ2v) is 7.70. The summed E-state index contributed by atoms with van der Waals surface area (Å²) in [5.41, 5.74) is 2.37. The van der Waals surface area contributed by atoms with Crippen LogP contribution in [0.2, 0.25) is 0 Å². The number of likely N-dealkylation sites (tertiary alicyclic amines) is 1. The Morgan fingerprint density at radius 3 is 2.44 bits per heavy atom. The van der Waals surface area contributed by atoms with E-state index in [1.54, 1.807) is 0 Å². The number of aliphatic hydroxyl groups excluding tert-OH is 1. The molecule has 2 fully saturated rings. The number of fused-ring (bicyclic) bond motifs is 1. The third-order valence-electron chi connectivity index (χ3n) is 6.31. The number of hydrogen-bond acceptors (Lipinski definition) is 4. The molecule has 3 aliphatic rings. The van der Waals surface area contributed by atoms with E-state index >= 15 is 0 Å². The summed E-state index contributed by atoms with van der Waals surface area (Å²) in [5.74, 6) is 0.291. The van der Waals surface area contributed by atoms with Crippen molar-refractivity contribution >= 4 is 5.91 Å². The summed E-state index contributed by atoms with van der Waals surface area (Å²) in [6.07, 6.45) is 2.84. The lowest BCUT2D eigenvalue weighted by molar-refractivity contribution is -0.136. The van der Waals surface area contributed by atoms with Gasteiger partial charge in [0.15, 0.2) is 0 Å². The van der Waals surface area contributed by atoms with Crippen LogP contribution in [0.4, 0.5) is 0 Å². The van der Waals surface area contributed by atoms with Gasteiger partial charge in [-0.15, -0.1) is 0 Å². The van der Waals surface area contributed by atoms with Gasteiger partial charge in [-0.25, -0.2) is 0 Å². The van der Waals surface area contributed by atoms with Crippen molar-refractivity contribution < 1.29 is 9.90 Å². The first-order valence-corrected chi connectivity index (χ1v) is 9.68. The SMILES string of the molecule is CC(C(=O)N1CCCC1)N1CCN(C2Cc3ccccc3C2O)CC1. The Morgan fingerprint density at radius 2 is 1.76 bits per heavy atom. The van der Waals surface area contributed by atoms with Crippen molar-refractivity contribution in [2.24, 2.45) is 0 Å². The molecule has 1 aliphatic carbocycles. The molecule has 0 bridgehead atoms. The summed E-state index contributed by atoms with van der Waals surface area (Å²) < 4.78 is 0. The van der Waals surface area contributed by atoms with E-state index in [2.05, 4.69) is 28.9 Å². The predicted molar refractivity (Wildman–Crippen MR) is 97.3 cm³/mol. The fourth-order valence-electron chi connectivity index (χ4n) is 4.70. The summed E-state index contributed by atoms with van der Waals surface area (Å²) >= 11 is 0. The molecule has 136 valence electrons. The number of benzene rings is 1. The highest BCUT2D eigenvalue weighted by Crippen LogP contribution is 2.34. The predicted octanol–water partition coefficient (Wildman–Crippen LogP) is 1.27. The number of piperazine rings is 1. The van der Waals surface area contributed by atoms with Crippen LogP contribution in [0.15, 0.2) is 24.3 Å². The first kappa shape index (κ1) is 17.0. The minimum atomic E-state index is -0.383. The Balaban J connectivity index is 1.34. The van der Waals surface area contributed by atoms with Crippen LogP contribution >= 0.6 is 0 Å². The number of carbonyl (C=O) groups is 1. The molecule has 2 saturated heterocycles. The Labute approximate surface area is 150 Å². The van der Waals surface area contributed by atoms with Crippen molar-refractivity contribution in [3.8, 4) is 0 Å². The Bertz CT molecular complexity index is 621. The minimum absolute atomic E-state index is 0.0223. The molecule has 5 heteroatoms. The van der Waals surface area contributed by atoms with Crippen LogP contribution < -0.4 is 0 Å². The normalized spacial score (nSPS) is 29.0. The Kier molecular flexibility index (Phi) is 4.80. The zero-order valence-electron chi connectivity index (χ0n) is 15.1. The van der Waals surface area contributed by atoms with E-state index in [9.17, 15) is 9.90 Å². The zero-order valence-corrected chi connectivity index (χ0v) is 15.1. The molecule has 4 rings (SSSR count). The fraction of sp³-hybridized carbons (Fsp3) is 0.650. The standard InChI is InChI=1S/C20H29N3O2/c1-15(20(25)23-8-4-5-9-23)21-10-12-22(13-11-21)18-14-16-6-2-3-7-17(16)19(18)24/h2-3,6-7,15,18-19,24H,4-5,8-14H2,1H3. The molecule has 0 aromatic heterocycles. The Hall–Kier alpha value is -1.43. The lowest BCUT2D eigenvalue weighted by Crippen LogP contribution is -2.56. The average Bonchev–Trinajstić information content (AvgIpc) is 3.30. The average molecular weight is 343 g/mol. The van der Waals surface area contributed by atoms with Gasteiger partial charge < -0.3 is 10.0 Å². The second-order valence-electron chi connectivity index (χ2n) is 7.70. The van der Waals surface area contributed by atoms with Gasteiger partial charge in [0.25, 0.3) is 0 Å². The van der Waals surface area contributed by atoms with Crippen LogP contribution in [0.3, 0.4) is 0 Å². The molecule has 1 N–H and O–H groups in total. The molecule has 5 nitrogen and oxygen atoms in total. The van der Waals surface area contributed by atoms with Gasteiger partial charge in [-0.3, -0.25) is 14.6 Å². The number of nitrogens with zero attached hydrogens (tertiary/aromatic N) is 3. The fourth-order valence-corrected chi connectivity index (χ4v) is 4.70. The largest absolute Gasteiger partial charge is 0.387 e. The summed E-state index contributed by atoms with van der Waals surface area (Å²) in [6.45, 7) is 7.56. The van der Waals surface area contributed by atoms with Crippen LogP contribution in [-0.2, 0) is 11.2 Å². The van der Waals surface area contributed by atoms with E-state index in [1.807, 2.05) is 17.0 Å². The molecule has 3 atom stereocenters. The molecule has 3 unspecified atom stereocenters. The van der Waals surface area contributed by atoms with Crippen LogP contribution in [0.25, 0.3) is 0 Å². The van der Waals surface area contributed by atoms with Crippen molar-refractivity contribution in [1.82, 2.24) is 14.7 Å².